The van der Waals surface area contributed by atoms with E-state index >= 15 is 0 Å². The lowest BCUT2D eigenvalue weighted by Crippen LogP contribution is -2.37. The van der Waals surface area contributed by atoms with Crippen LogP contribution < -0.4 is 15.4 Å². The Morgan fingerprint density at radius 1 is 1.19 bits per heavy atom. The zero-order valence-corrected chi connectivity index (χ0v) is 19.0. The van der Waals surface area contributed by atoms with Gasteiger partial charge in [-0.1, -0.05) is 31.5 Å². The van der Waals surface area contributed by atoms with E-state index in [1.165, 1.54) is 36.1 Å². The maximum Gasteiger partial charge on any atom is 0.320 e. The lowest BCUT2D eigenvalue weighted by Gasteiger charge is -2.31. The lowest BCUT2D eigenvalue weighted by atomic mass is 9.96. The number of ether oxygens (including phenoxy) is 1. The molecule has 1 aromatic heterocycles. The maximum atomic E-state index is 12.5. The third-order valence-corrected chi connectivity index (χ3v) is 6.72. The number of nitrogens with zero attached hydrogens (tertiary/aromatic N) is 4. The number of carbonyl (C=O) groups excluding carboxylic acids is 1. The van der Waals surface area contributed by atoms with E-state index in [9.17, 15) is 4.79 Å². The summed E-state index contributed by atoms with van der Waals surface area (Å²) in [4.78, 5) is 26.0. The fourth-order valence-electron chi connectivity index (χ4n) is 4.75. The van der Waals surface area contributed by atoms with Crippen molar-refractivity contribution in [2.24, 2.45) is 5.92 Å². The van der Waals surface area contributed by atoms with Crippen molar-refractivity contribution in [1.29, 1.82) is 0 Å². The molecule has 2 aromatic rings. The van der Waals surface area contributed by atoms with Gasteiger partial charge in [0.15, 0.2) is 5.78 Å². The quantitative estimate of drug-likeness (QED) is 0.638. The minimum absolute atomic E-state index is 0.140. The molecule has 0 atom stereocenters. The zero-order valence-electron chi connectivity index (χ0n) is 19.0. The van der Waals surface area contributed by atoms with Gasteiger partial charge in [0, 0.05) is 38.2 Å². The summed E-state index contributed by atoms with van der Waals surface area (Å²) in [5.41, 5.74) is 11.0. The number of nitrogen functional groups attached to an aromatic ring is 1. The summed E-state index contributed by atoms with van der Waals surface area (Å²) in [5.74, 6) is 2.13. The van der Waals surface area contributed by atoms with Crippen molar-refractivity contribution in [3.8, 4) is 6.01 Å². The molecule has 0 saturated heterocycles. The number of carbonyl (C=O) groups is 1. The smallest absolute Gasteiger partial charge is 0.320 e. The van der Waals surface area contributed by atoms with E-state index in [4.69, 9.17) is 10.5 Å². The molecule has 7 nitrogen and oxygen atoms in total. The van der Waals surface area contributed by atoms with Gasteiger partial charge in [-0.05, 0) is 48.3 Å². The van der Waals surface area contributed by atoms with E-state index in [1.54, 1.807) is 0 Å². The lowest BCUT2D eigenvalue weighted by molar-refractivity contribution is -0.117. The number of hydrogen-bond acceptors (Lipinski definition) is 7. The molecule has 3 aliphatic rings. The molecule has 0 amide bonds. The van der Waals surface area contributed by atoms with Crippen LogP contribution in [0.5, 0.6) is 6.01 Å². The van der Waals surface area contributed by atoms with Crippen LogP contribution in [0.2, 0.25) is 0 Å². The van der Waals surface area contributed by atoms with Gasteiger partial charge in [0.2, 0.25) is 0 Å². The number of Topliss-reactive ketones (excluding diaryl/α,β-unsaturated/α-hetero) is 1. The van der Waals surface area contributed by atoms with Crippen molar-refractivity contribution in [2.45, 2.75) is 58.5 Å². The van der Waals surface area contributed by atoms with Gasteiger partial charge < -0.3 is 15.4 Å². The Morgan fingerprint density at radius 3 is 2.88 bits per heavy atom. The van der Waals surface area contributed by atoms with Crippen LogP contribution in [0.15, 0.2) is 18.2 Å². The van der Waals surface area contributed by atoms with Crippen LogP contribution in [0.3, 0.4) is 0 Å². The normalized spacial score (nSPS) is 18.4. The highest BCUT2D eigenvalue weighted by Crippen LogP contribution is 2.33. The van der Waals surface area contributed by atoms with Gasteiger partial charge in [-0.25, -0.2) is 0 Å². The summed E-state index contributed by atoms with van der Waals surface area (Å²) in [6.45, 7) is 7.06. The summed E-state index contributed by atoms with van der Waals surface area (Å²) in [6, 6.07) is 7.07. The monoisotopic (exact) mass is 435 g/mol. The zero-order chi connectivity index (χ0) is 22.1. The Bertz CT molecular complexity index is 1000. The average Bonchev–Trinajstić information content (AvgIpc) is 3.58. The van der Waals surface area contributed by atoms with Crippen molar-refractivity contribution in [2.75, 3.05) is 36.9 Å². The van der Waals surface area contributed by atoms with Crippen molar-refractivity contribution < 1.29 is 9.53 Å². The summed E-state index contributed by atoms with van der Waals surface area (Å²) in [7, 11) is 0. The molecule has 1 aromatic carbocycles. The van der Waals surface area contributed by atoms with Crippen molar-refractivity contribution >= 4 is 17.4 Å². The Balaban J connectivity index is 1.36. The highest BCUT2D eigenvalue weighted by atomic mass is 16.5. The Hall–Kier alpha value is -2.67. The molecular weight excluding hydrogens is 402 g/mol. The van der Waals surface area contributed by atoms with Crippen molar-refractivity contribution in [1.82, 2.24) is 14.9 Å². The van der Waals surface area contributed by atoms with Crippen LogP contribution >= 0.6 is 0 Å². The second kappa shape index (κ2) is 9.06. The molecular formula is C25H33N5O2. The summed E-state index contributed by atoms with van der Waals surface area (Å²) < 4.78 is 5.72. The number of rotatable bonds is 8. The molecule has 0 radical (unpaired) electrons. The average molecular weight is 436 g/mol. The molecule has 0 spiro atoms. The number of aromatic nitrogens is 2. The van der Waals surface area contributed by atoms with Crippen LogP contribution in [-0.4, -0.2) is 46.9 Å². The van der Waals surface area contributed by atoms with Crippen LogP contribution in [0.25, 0.3) is 0 Å². The molecule has 32 heavy (non-hydrogen) atoms. The molecule has 2 aliphatic heterocycles. The van der Waals surface area contributed by atoms with Crippen LogP contribution in [0.4, 0.5) is 11.6 Å². The third kappa shape index (κ3) is 4.72. The Labute approximate surface area is 190 Å². The summed E-state index contributed by atoms with van der Waals surface area (Å²) in [5, 5.41) is 0. The van der Waals surface area contributed by atoms with Crippen molar-refractivity contribution in [3.63, 3.8) is 0 Å². The van der Waals surface area contributed by atoms with Gasteiger partial charge in [-0.2, -0.15) is 9.97 Å². The van der Waals surface area contributed by atoms with E-state index in [0.717, 1.165) is 49.7 Å². The van der Waals surface area contributed by atoms with E-state index in [0.29, 0.717) is 31.5 Å². The largest absolute Gasteiger partial charge is 0.463 e. The van der Waals surface area contributed by atoms with E-state index in [1.807, 2.05) is 4.90 Å². The van der Waals surface area contributed by atoms with Gasteiger partial charge in [0.1, 0.15) is 11.6 Å². The third-order valence-electron chi connectivity index (χ3n) is 6.72. The maximum absolute atomic E-state index is 12.5. The fourth-order valence-corrected chi connectivity index (χ4v) is 4.75. The SMILES string of the molecule is CCCCOc1nc(N)c2c(n1)N(Cc1ccc3c(c1)CN(CC1CC1)CC3)CC(=O)C2. The topological polar surface area (TPSA) is 84.6 Å². The van der Waals surface area contributed by atoms with Gasteiger partial charge in [-0.3, -0.25) is 9.69 Å². The first kappa shape index (κ1) is 21.2. The Kier molecular flexibility index (Phi) is 6.00. The second-order valence-corrected chi connectivity index (χ2v) is 9.50. The molecule has 2 N–H and O–H groups in total. The van der Waals surface area contributed by atoms with Gasteiger partial charge >= 0.3 is 6.01 Å². The molecule has 7 heteroatoms. The number of anilines is 2. The van der Waals surface area contributed by atoms with Crippen LogP contribution in [0, 0.1) is 5.92 Å². The number of fused-ring (bicyclic) bond motifs is 2. The Morgan fingerprint density at radius 2 is 2.06 bits per heavy atom. The molecule has 1 fully saturated rings. The molecule has 170 valence electrons. The first-order valence-corrected chi connectivity index (χ1v) is 12.0. The number of benzene rings is 1. The second-order valence-electron chi connectivity index (χ2n) is 9.50. The minimum atomic E-state index is 0.140. The fraction of sp³-hybridized carbons (Fsp3) is 0.560. The van der Waals surface area contributed by atoms with Crippen LogP contribution in [0.1, 0.15) is 54.9 Å². The highest BCUT2D eigenvalue weighted by Gasteiger charge is 2.29. The van der Waals surface area contributed by atoms with Gasteiger partial charge in [-0.15, -0.1) is 0 Å². The summed E-state index contributed by atoms with van der Waals surface area (Å²) >= 11 is 0. The first-order valence-electron chi connectivity index (χ1n) is 12.0. The van der Waals surface area contributed by atoms with E-state index in [2.05, 4.69) is 40.0 Å². The summed E-state index contributed by atoms with van der Waals surface area (Å²) in [6.07, 6.45) is 6.16. The molecule has 1 saturated carbocycles. The highest BCUT2D eigenvalue weighted by molar-refractivity contribution is 5.91. The molecule has 1 aliphatic carbocycles. The number of nitrogens with two attached hydrogens (primary N) is 1. The van der Waals surface area contributed by atoms with E-state index in [-0.39, 0.29) is 12.2 Å². The number of ketones is 1. The first-order chi connectivity index (χ1) is 15.6. The molecule has 0 bridgehead atoms. The minimum Gasteiger partial charge on any atom is -0.463 e. The number of hydrogen-bond donors (Lipinski definition) is 1. The predicted molar refractivity (Wildman–Crippen MR) is 125 cm³/mol. The van der Waals surface area contributed by atoms with E-state index < -0.39 is 0 Å². The van der Waals surface area contributed by atoms with Crippen molar-refractivity contribution in [3.05, 3.63) is 40.5 Å². The molecule has 0 unspecified atom stereocenters. The van der Waals surface area contributed by atoms with Gasteiger partial charge in [0.25, 0.3) is 0 Å². The predicted octanol–water partition coefficient (Wildman–Crippen LogP) is 3.14. The number of unbranched alkanes of at least 4 members (excludes halogenated alkanes) is 1. The standard InChI is InChI=1S/C25H33N5O2/c1-2-3-10-32-25-27-23(26)22-12-21(31)16-30(24(22)28-25)14-18-6-7-19-8-9-29(13-17-4-5-17)15-20(19)11-18/h6-7,11,17H,2-5,8-10,12-16H2,1H3,(H2,26,27,28). The molecule has 3 heterocycles. The van der Waals surface area contributed by atoms with Gasteiger partial charge in [0.05, 0.1) is 13.2 Å². The molecule has 5 rings (SSSR count). The van der Waals surface area contributed by atoms with Crippen LogP contribution in [-0.2, 0) is 30.7 Å².